The Bertz CT molecular complexity index is 1110. The van der Waals surface area contributed by atoms with Gasteiger partial charge in [-0.15, -0.1) is 0 Å². The molecule has 1 amide bonds. The van der Waals surface area contributed by atoms with Crippen molar-refractivity contribution >= 4 is 45.1 Å². The van der Waals surface area contributed by atoms with Gasteiger partial charge in [-0.05, 0) is 58.5 Å². The minimum atomic E-state index is -0.112. The summed E-state index contributed by atoms with van der Waals surface area (Å²) in [4.78, 5) is 14.8. The number of hydrogen-bond acceptors (Lipinski definition) is 2. The van der Waals surface area contributed by atoms with E-state index >= 15 is 0 Å². The maximum atomic E-state index is 12.8. The van der Waals surface area contributed by atoms with Crippen LogP contribution in [0.5, 0.6) is 0 Å². The van der Waals surface area contributed by atoms with Gasteiger partial charge in [0.1, 0.15) is 0 Å². The van der Waals surface area contributed by atoms with Crippen molar-refractivity contribution in [1.82, 2.24) is 4.90 Å². The Kier molecular flexibility index (Phi) is 4.46. The molecule has 1 N–H and O–H groups in total. The van der Waals surface area contributed by atoms with Gasteiger partial charge in [0.15, 0.2) is 0 Å². The van der Waals surface area contributed by atoms with Gasteiger partial charge in [-0.25, -0.2) is 0 Å². The summed E-state index contributed by atoms with van der Waals surface area (Å²) in [6.07, 6.45) is 3.93. The zero-order valence-electron chi connectivity index (χ0n) is 15.2. The van der Waals surface area contributed by atoms with Crippen LogP contribution < -0.4 is 5.32 Å². The molecule has 134 valence electrons. The van der Waals surface area contributed by atoms with E-state index < -0.39 is 0 Å². The van der Waals surface area contributed by atoms with Crippen LogP contribution in [0.15, 0.2) is 72.9 Å². The van der Waals surface area contributed by atoms with Crippen molar-refractivity contribution in [3.8, 4) is 0 Å². The second-order valence-electron chi connectivity index (χ2n) is 6.77. The molecule has 0 unspecified atom stereocenters. The number of anilines is 1. The van der Waals surface area contributed by atoms with Gasteiger partial charge in [0, 0.05) is 30.4 Å². The third kappa shape index (κ3) is 3.34. The predicted octanol–water partition coefficient (Wildman–Crippen LogP) is 5.43. The fourth-order valence-corrected chi connectivity index (χ4v) is 3.48. The lowest BCUT2D eigenvalue weighted by Gasteiger charge is -2.11. The minimum absolute atomic E-state index is 0.112. The first-order valence-electron chi connectivity index (χ1n) is 8.72. The SMILES string of the molecule is CN(C)/C=C/C(=C1\C(=O)Nc2ccc(Cl)cc21)c1ccc2ccccc2c1. The van der Waals surface area contributed by atoms with Crippen LogP contribution in [0.2, 0.25) is 5.02 Å². The molecule has 0 saturated heterocycles. The molecule has 0 fully saturated rings. The zero-order chi connectivity index (χ0) is 19.0. The summed E-state index contributed by atoms with van der Waals surface area (Å²) >= 11 is 6.20. The summed E-state index contributed by atoms with van der Waals surface area (Å²) < 4.78 is 0. The van der Waals surface area contributed by atoms with Gasteiger partial charge in [0.2, 0.25) is 0 Å². The monoisotopic (exact) mass is 374 g/mol. The summed E-state index contributed by atoms with van der Waals surface area (Å²) in [7, 11) is 3.91. The highest BCUT2D eigenvalue weighted by Gasteiger charge is 2.27. The summed E-state index contributed by atoms with van der Waals surface area (Å²) in [5, 5.41) is 5.86. The molecule has 1 aliphatic heterocycles. The fraction of sp³-hybridized carbons (Fsp3) is 0.0870. The van der Waals surface area contributed by atoms with E-state index in [1.165, 1.54) is 5.39 Å². The number of benzene rings is 3. The number of allylic oxidation sites excluding steroid dienone is 2. The van der Waals surface area contributed by atoms with Crippen LogP contribution in [0.3, 0.4) is 0 Å². The van der Waals surface area contributed by atoms with Crippen molar-refractivity contribution in [2.75, 3.05) is 19.4 Å². The second-order valence-corrected chi connectivity index (χ2v) is 7.21. The highest BCUT2D eigenvalue weighted by molar-refractivity contribution is 6.39. The lowest BCUT2D eigenvalue weighted by Crippen LogP contribution is -2.06. The maximum absolute atomic E-state index is 12.8. The molecule has 0 radical (unpaired) electrons. The highest BCUT2D eigenvalue weighted by atomic mass is 35.5. The smallest absolute Gasteiger partial charge is 0.256 e. The minimum Gasteiger partial charge on any atom is -0.383 e. The molecule has 4 rings (SSSR count). The van der Waals surface area contributed by atoms with E-state index in [-0.39, 0.29) is 5.91 Å². The molecule has 0 aromatic heterocycles. The molecular formula is C23H19ClN2O. The number of halogens is 1. The van der Waals surface area contributed by atoms with Gasteiger partial charge in [-0.1, -0.05) is 48.0 Å². The molecule has 27 heavy (non-hydrogen) atoms. The third-order valence-electron chi connectivity index (χ3n) is 4.60. The molecule has 3 aromatic carbocycles. The fourth-order valence-electron chi connectivity index (χ4n) is 3.31. The highest BCUT2D eigenvalue weighted by Crippen LogP contribution is 2.39. The number of rotatable bonds is 3. The average Bonchev–Trinajstić information content (AvgIpc) is 2.97. The van der Waals surface area contributed by atoms with Crippen molar-refractivity contribution in [3.05, 3.63) is 89.1 Å². The molecule has 0 bridgehead atoms. The van der Waals surface area contributed by atoms with Crippen LogP contribution in [-0.4, -0.2) is 24.9 Å². The number of carbonyl (C=O) groups excluding carboxylic acids is 1. The van der Waals surface area contributed by atoms with Crippen LogP contribution in [0.1, 0.15) is 11.1 Å². The van der Waals surface area contributed by atoms with Crippen LogP contribution in [0.25, 0.3) is 21.9 Å². The molecule has 0 spiro atoms. The molecule has 1 heterocycles. The Labute approximate surface area is 163 Å². The summed E-state index contributed by atoms with van der Waals surface area (Å²) in [6, 6.07) is 19.9. The van der Waals surface area contributed by atoms with Gasteiger partial charge in [0.25, 0.3) is 5.91 Å². The van der Waals surface area contributed by atoms with E-state index in [0.29, 0.717) is 10.6 Å². The van der Waals surface area contributed by atoms with Crippen molar-refractivity contribution in [3.63, 3.8) is 0 Å². The molecule has 3 aromatic rings. The van der Waals surface area contributed by atoms with Gasteiger partial charge in [-0.2, -0.15) is 0 Å². The largest absolute Gasteiger partial charge is 0.383 e. The van der Waals surface area contributed by atoms with E-state index in [0.717, 1.165) is 27.8 Å². The van der Waals surface area contributed by atoms with Crippen molar-refractivity contribution in [1.29, 1.82) is 0 Å². The lowest BCUT2D eigenvalue weighted by atomic mass is 9.93. The van der Waals surface area contributed by atoms with Gasteiger partial charge >= 0.3 is 0 Å². The molecule has 3 nitrogen and oxygen atoms in total. The summed E-state index contributed by atoms with van der Waals surface area (Å²) in [5.74, 6) is -0.112. The number of fused-ring (bicyclic) bond motifs is 2. The topological polar surface area (TPSA) is 32.3 Å². The molecule has 1 aliphatic rings. The Morgan fingerprint density at radius 2 is 1.78 bits per heavy atom. The first-order chi connectivity index (χ1) is 13.0. The number of amides is 1. The molecular weight excluding hydrogens is 356 g/mol. The Balaban J connectivity index is 1.98. The summed E-state index contributed by atoms with van der Waals surface area (Å²) in [6.45, 7) is 0. The first-order valence-corrected chi connectivity index (χ1v) is 9.10. The van der Waals surface area contributed by atoms with Gasteiger partial charge in [0.05, 0.1) is 5.57 Å². The Hall–Kier alpha value is -3.04. The third-order valence-corrected chi connectivity index (χ3v) is 4.83. The Morgan fingerprint density at radius 3 is 2.56 bits per heavy atom. The van der Waals surface area contributed by atoms with Crippen LogP contribution in [0.4, 0.5) is 5.69 Å². The van der Waals surface area contributed by atoms with E-state index in [9.17, 15) is 4.79 Å². The quantitative estimate of drug-likeness (QED) is 0.620. The van der Waals surface area contributed by atoms with E-state index in [1.54, 1.807) is 6.07 Å². The normalized spacial score (nSPS) is 15.1. The van der Waals surface area contributed by atoms with Gasteiger partial charge < -0.3 is 10.2 Å². The summed E-state index contributed by atoms with van der Waals surface area (Å²) in [5.41, 5.74) is 4.12. The van der Waals surface area contributed by atoms with Crippen LogP contribution in [0, 0.1) is 0 Å². The number of nitrogens with zero attached hydrogens (tertiary/aromatic N) is 1. The first kappa shape index (κ1) is 17.4. The molecule has 0 saturated carbocycles. The van der Waals surface area contributed by atoms with Crippen molar-refractivity contribution < 1.29 is 4.79 Å². The Morgan fingerprint density at radius 1 is 1.00 bits per heavy atom. The number of hydrogen-bond donors (Lipinski definition) is 1. The molecule has 4 heteroatoms. The standard InChI is InChI=1S/C23H19ClN2O/c1-26(2)12-11-19(17-8-7-15-5-3-4-6-16(15)13-17)22-20-14-18(24)9-10-21(20)25-23(22)27/h3-14H,1-2H3,(H,25,27)/b12-11+,22-19+. The average molecular weight is 375 g/mol. The van der Waals surface area contributed by atoms with Crippen molar-refractivity contribution in [2.45, 2.75) is 0 Å². The molecule has 0 aliphatic carbocycles. The van der Waals surface area contributed by atoms with E-state index in [1.807, 2.05) is 55.5 Å². The van der Waals surface area contributed by atoms with Crippen molar-refractivity contribution in [2.24, 2.45) is 0 Å². The zero-order valence-corrected chi connectivity index (χ0v) is 15.9. The maximum Gasteiger partial charge on any atom is 0.256 e. The number of nitrogens with one attached hydrogen (secondary N) is 1. The van der Waals surface area contributed by atoms with Gasteiger partial charge in [-0.3, -0.25) is 4.79 Å². The molecule has 0 atom stereocenters. The lowest BCUT2D eigenvalue weighted by molar-refractivity contribution is -0.110. The predicted molar refractivity (Wildman–Crippen MR) is 114 cm³/mol. The van der Waals surface area contributed by atoms with Crippen LogP contribution in [-0.2, 0) is 4.79 Å². The number of carbonyl (C=O) groups is 1. The van der Waals surface area contributed by atoms with Crippen LogP contribution >= 0.6 is 11.6 Å². The second kappa shape index (κ2) is 6.93. The van der Waals surface area contributed by atoms with E-state index in [4.69, 9.17) is 11.6 Å². The van der Waals surface area contributed by atoms with E-state index in [2.05, 4.69) is 35.6 Å².